The van der Waals surface area contributed by atoms with E-state index in [0.717, 1.165) is 6.92 Å². The van der Waals surface area contributed by atoms with Crippen LogP contribution < -0.4 is 5.32 Å². The molecule has 2 nitrogen and oxygen atoms in total. The molecule has 0 aliphatic carbocycles. The van der Waals surface area contributed by atoms with E-state index < -0.39 is 11.7 Å². The smallest absolute Gasteiger partial charge is 0.217 e. The lowest BCUT2D eigenvalue weighted by atomic mass is 10.4. The van der Waals surface area contributed by atoms with E-state index in [-0.39, 0.29) is 12.5 Å². The first-order valence-corrected chi connectivity index (χ1v) is 2.79. The van der Waals surface area contributed by atoms with Gasteiger partial charge in [-0.05, 0) is 6.92 Å². The van der Waals surface area contributed by atoms with Crippen LogP contribution in [-0.4, -0.2) is 12.5 Å². The zero-order valence-corrected chi connectivity index (χ0v) is 5.87. The first kappa shape index (κ1) is 9.07. The van der Waals surface area contributed by atoms with Crippen LogP contribution in [0.1, 0.15) is 13.8 Å². The minimum absolute atomic E-state index is 0.363. The Balaban J connectivity index is 3.71. The van der Waals surface area contributed by atoms with Gasteiger partial charge in [0.1, 0.15) is 5.83 Å². The third-order valence-electron chi connectivity index (χ3n) is 0.866. The lowest BCUT2D eigenvalue weighted by molar-refractivity contribution is -0.118. The molecule has 10 heavy (non-hydrogen) atoms. The molecule has 0 aromatic carbocycles. The second-order valence-corrected chi connectivity index (χ2v) is 1.85. The third kappa shape index (κ3) is 4.00. The number of hydrogen-bond acceptors (Lipinski definition) is 1. The Bertz CT molecular complexity index is 161. The van der Waals surface area contributed by atoms with Crippen LogP contribution in [0.3, 0.4) is 0 Å². The number of hydrogen-bond donors (Lipinski definition) is 1. The van der Waals surface area contributed by atoms with Crippen molar-refractivity contribution in [2.45, 2.75) is 13.8 Å². The maximum absolute atomic E-state index is 12.2. The van der Waals surface area contributed by atoms with Crippen LogP contribution in [0.2, 0.25) is 0 Å². The first-order chi connectivity index (χ1) is 4.54. The Kier molecular flexibility index (Phi) is 3.61. The van der Waals surface area contributed by atoms with Gasteiger partial charge in [-0.25, -0.2) is 8.78 Å². The van der Waals surface area contributed by atoms with Crippen molar-refractivity contribution in [3.05, 3.63) is 11.7 Å². The third-order valence-corrected chi connectivity index (χ3v) is 0.866. The van der Waals surface area contributed by atoms with E-state index in [2.05, 4.69) is 5.32 Å². The molecule has 0 unspecified atom stereocenters. The number of rotatable bonds is 2. The molecule has 0 saturated carbocycles. The maximum atomic E-state index is 12.2. The molecule has 0 aromatic rings. The van der Waals surface area contributed by atoms with Gasteiger partial charge in [0.05, 0.1) is 6.54 Å². The van der Waals surface area contributed by atoms with Crippen molar-refractivity contribution in [1.82, 2.24) is 5.32 Å². The average Bonchev–Trinajstić information content (AvgIpc) is 1.82. The van der Waals surface area contributed by atoms with Crippen LogP contribution in [0.5, 0.6) is 0 Å². The fourth-order valence-electron chi connectivity index (χ4n) is 0.324. The Morgan fingerprint density at radius 3 is 2.20 bits per heavy atom. The second-order valence-electron chi connectivity index (χ2n) is 1.85. The Morgan fingerprint density at radius 2 is 1.90 bits per heavy atom. The largest absolute Gasteiger partial charge is 0.350 e. The highest BCUT2D eigenvalue weighted by Gasteiger charge is 2.00. The molecule has 1 N–H and O–H groups in total. The van der Waals surface area contributed by atoms with Crippen LogP contribution in [0.15, 0.2) is 11.7 Å². The summed E-state index contributed by atoms with van der Waals surface area (Å²) in [5.74, 6) is -2.21. The monoisotopic (exact) mass is 149 g/mol. The topological polar surface area (TPSA) is 29.1 Å². The summed E-state index contributed by atoms with van der Waals surface area (Å²) in [6, 6.07) is 0. The zero-order valence-electron chi connectivity index (χ0n) is 5.87. The van der Waals surface area contributed by atoms with Gasteiger partial charge in [0.2, 0.25) is 5.91 Å². The number of carbonyl (C=O) groups is 1. The van der Waals surface area contributed by atoms with E-state index >= 15 is 0 Å². The van der Waals surface area contributed by atoms with Gasteiger partial charge in [0.25, 0.3) is 0 Å². The summed E-state index contributed by atoms with van der Waals surface area (Å²) in [4.78, 5) is 10.1. The van der Waals surface area contributed by atoms with Gasteiger partial charge >= 0.3 is 0 Å². The lowest BCUT2D eigenvalue weighted by Crippen LogP contribution is -2.21. The van der Waals surface area contributed by atoms with Gasteiger partial charge in [-0.3, -0.25) is 4.79 Å². The number of carbonyl (C=O) groups excluding carboxylic acids is 1. The zero-order chi connectivity index (χ0) is 8.15. The Labute approximate surface area is 57.9 Å². The maximum Gasteiger partial charge on any atom is 0.217 e. The van der Waals surface area contributed by atoms with Crippen molar-refractivity contribution >= 4 is 5.91 Å². The van der Waals surface area contributed by atoms with Gasteiger partial charge < -0.3 is 5.32 Å². The Hall–Kier alpha value is -0.930. The molecule has 0 saturated heterocycles. The van der Waals surface area contributed by atoms with Gasteiger partial charge in [-0.2, -0.15) is 0 Å². The minimum Gasteiger partial charge on any atom is -0.350 e. The number of allylic oxidation sites excluding steroid dienone is 1. The van der Waals surface area contributed by atoms with E-state index in [0.29, 0.717) is 0 Å². The summed E-state index contributed by atoms with van der Waals surface area (Å²) in [7, 11) is 0. The average molecular weight is 149 g/mol. The number of halogens is 2. The van der Waals surface area contributed by atoms with E-state index in [1.807, 2.05) is 0 Å². The molecule has 0 spiro atoms. The molecule has 0 fully saturated rings. The van der Waals surface area contributed by atoms with Crippen LogP contribution in [0, 0.1) is 0 Å². The fourth-order valence-corrected chi connectivity index (χ4v) is 0.324. The fraction of sp³-hybridized carbons (Fsp3) is 0.500. The first-order valence-electron chi connectivity index (χ1n) is 2.79. The van der Waals surface area contributed by atoms with Crippen molar-refractivity contribution in [3.63, 3.8) is 0 Å². The van der Waals surface area contributed by atoms with Gasteiger partial charge in [0.15, 0.2) is 5.83 Å². The summed E-state index contributed by atoms with van der Waals surface area (Å²) < 4.78 is 24.1. The minimum atomic E-state index is -0.935. The number of amides is 1. The van der Waals surface area contributed by atoms with Gasteiger partial charge in [-0.1, -0.05) is 0 Å². The van der Waals surface area contributed by atoms with Crippen molar-refractivity contribution < 1.29 is 13.6 Å². The van der Waals surface area contributed by atoms with Crippen molar-refractivity contribution in [2.75, 3.05) is 6.54 Å². The lowest BCUT2D eigenvalue weighted by Gasteiger charge is -1.97. The summed E-state index contributed by atoms with van der Waals surface area (Å²) in [6.45, 7) is 1.87. The molecular weight excluding hydrogens is 140 g/mol. The normalized spacial score (nSPS) is 12.4. The highest BCUT2D eigenvalue weighted by atomic mass is 19.2. The van der Waals surface area contributed by atoms with Crippen LogP contribution in [-0.2, 0) is 4.79 Å². The molecule has 0 aliphatic rings. The van der Waals surface area contributed by atoms with E-state index in [9.17, 15) is 13.6 Å². The molecule has 4 heteroatoms. The van der Waals surface area contributed by atoms with Crippen molar-refractivity contribution in [1.29, 1.82) is 0 Å². The summed E-state index contributed by atoms with van der Waals surface area (Å²) in [6.07, 6.45) is 0. The van der Waals surface area contributed by atoms with Crippen molar-refractivity contribution in [3.8, 4) is 0 Å². The summed E-state index contributed by atoms with van der Waals surface area (Å²) in [5, 5.41) is 2.11. The molecule has 0 radical (unpaired) electrons. The van der Waals surface area contributed by atoms with E-state index in [4.69, 9.17) is 0 Å². The number of nitrogens with one attached hydrogen (secondary N) is 1. The Morgan fingerprint density at radius 1 is 1.40 bits per heavy atom. The molecule has 0 rings (SSSR count). The molecule has 0 heterocycles. The molecule has 58 valence electrons. The van der Waals surface area contributed by atoms with E-state index in [1.54, 1.807) is 0 Å². The predicted octanol–water partition coefficient (Wildman–Crippen LogP) is 1.29. The van der Waals surface area contributed by atoms with Crippen molar-refractivity contribution in [2.24, 2.45) is 0 Å². The molecule has 0 bridgehead atoms. The van der Waals surface area contributed by atoms with Gasteiger partial charge in [0, 0.05) is 6.92 Å². The molecule has 0 atom stereocenters. The summed E-state index contributed by atoms with van der Waals surface area (Å²) >= 11 is 0. The quantitative estimate of drug-likeness (QED) is 0.629. The molecule has 0 aromatic heterocycles. The molecule has 1 amide bonds. The standard InChI is InChI=1S/C6H9F2NO/c1-4(7)6(8)3-9-5(2)10/h3H2,1-2H3,(H,9,10)/b6-4-. The highest BCUT2D eigenvalue weighted by molar-refractivity contribution is 5.73. The summed E-state index contributed by atoms with van der Waals surface area (Å²) in [5.41, 5.74) is 0. The molecule has 0 aliphatic heterocycles. The second kappa shape index (κ2) is 3.98. The van der Waals surface area contributed by atoms with Crippen LogP contribution in [0.4, 0.5) is 8.78 Å². The van der Waals surface area contributed by atoms with Crippen LogP contribution >= 0.6 is 0 Å². The van der Waals surface area contributed by atoms with Crippen LogP contribution in [0.25, 0.3) is 0 Å². The molecular formula is C6H9F2NO. The highest BCUT2D eigenvalue weighted by Crippen LogP contribution is 2.04. The van der Waals surface area contributed by atoms with Gasteiger partial charge in [-0.15, -0.1) is 0 Å². The SMILES string of the molecule is CC(=O)NC/C(F)=C(\C)F. The van der Waals surface area contributed by atoms with E-state index in [1.165, 1.54) is 6.92 Å². The predicted molar refractivity (Wildman–Crippen MR) is 33.6 cm³/mol.